The van der Waals surface area contributed by atoms with E-state index < -0.39 is 0 Å². The highest BCUT2D eigenvalue weighted by Gasteiger charge is 1.98. The number of rotatable bonds is 7. The van der Waals surface area contributed by atoms with Crippen molar-refractivity contribution in [2.75, 3.05) is 18.5 Å². The van der Waals surface area contributed by atoms with Crippen LogP contribution in [0.5, 0.6) is 0 Å². The summed E-state index contributed by atoms with van der Waals surface area (Å²) >= 11 is 0. The molecule has 0 unspecified atom stereocenters. The van der Waals surface area contributed by atoms with Crippen molar-refractivity contribution in [3.8, 4) is 0 Å². The second kappa shape index (κ2) is 7.17. The lowest BCUT2D eigenvalue weighted by Gasteiger charge is -2.08. The van der Waals surface area contributed by atoms with Crippen LogP contribution in [0.1, 0.15) is 32.4 Å². The third kappa shape index (κ3) is 5.07. The zero-order chi connectivity index (χ0) is 11.8. The molecule has 0 spiro atoms. The summed E-state index contributed by atoms with van der Waals surface area (Å²) in [6.07, 6.45) is 5.90. The third-order valence-corrected chi connectivity index (χ3v) is 2.20. The monoisotopic (exact) mass is 223 g/mol. The van der Waals surface area contributed by atoms with Crippen LogP contribution in [0.15, 0.2) is 12.4 Å². The number of aryl methyl sites for hydroxylation is 1. The highest BCUT2D eigenvalue weighted by atomic mass is 16.5. The fourth-order valence-electron chi connectivity index (χ4n) is 1.33. The van der Waals surface area contributed by atoms with Crippen LogP contribution in [-0.2, 0) is 4.74 Å². The summed E-state index contributed by atoms with van der Waals surface area (Å²) in [5.41, 5.74) is 0.945. The Morgan fingerprint density at radius 1 is 1.25 bits per heavy atom. The maximum absolute atomic E-state index is 5.46. The fourth-order valence-corrected chi connectivity index (χ4v) is 1.33. The minimum Gasteiger partial charge on any atom is -0.379 e. The second-order valence-electron chi connectivity index (χ2n) is 4.04. The number of unbranched alkanes of at least 4 members (excludes halogenated alkanes) is 1. The first-order chi connectivity index (χ1) is 7.70. The molecule has 0 aliphatic carbocycles. The number of hydrogen-bond acceptors (Lipinski definition) is 4. The molecule has 0 atom stereocenters. The molecule has 1 N–H and O–H groups in total. The van der Waals surface area contributed by atoms with Gasteiger partial charge in [0, 0.05) is 25.5 Å². The van der Waals surface area contributed by atoms with E-state index in [-0.39, 0.29) is 0 Å². The molecule has 0 aliphatic heterocycles. The molecule has 0 saturated heterocycles. The van der Waals surface area contributed by atoms with E-state index in [0.717, 1.165) is 37.5 Å². The average molecular weight is 223 g/mol. The maximum atomic E-state index is 5.46. The first-order valence-electron chi connectivity index (χ1n) is 5.83. The first-order valence-corrected chi connectivity index (χ1v) is 5.83. The largest absolute Gasteiger partial charge is 0.379 e. The van der Waals surface area contributed by atoms with Gasteiger partial charge in [0.1, 0.15) is 5.82 Å². The third-order valence-electron chi connectivity index (χ3n) is 2.20. The molecule has 16 heavy (non-hydrogen) atoms. The zero-order valence-corrected chi connectivity index (χ0v) is 10.4. The molecule has 0 aliphatic rings. The van der Waals surface area contributed by atoms with Crippen molar-refractivity contribution in [3.05, 3.63) is 18.1 Å². The standard InChI is InChI=1S/C12H21N3O/c1-10(2)16-9-5-4-6-14-12-11(3)13-7-8-15-12/h7-8,10H,4-6,9H2,1-3H3,(H,14,15). The van der Waals surface area contributed by atoms with Crippen LogP contribution < -0.4 is 5.32 Å². The average Bonchev–Trinajstić information content (AvgIpc) is 2.25. The highest BCUT2D eigenvalue weighted by Crippen LogP contribution is 2.06. The summed E-state index contributed by atoms with van der Waals surface area (Å²) in [5, 5.41) is 3.27. The number of anilines is 1. The van der Waals surface area contributed by atoms with Gasteiger partial charge in [0.25, 0.3) is 0 Å². The van der Waals surface area contributed by atoms with Gasteiger partial charge in [0.05, 0.1) is 11.8 Å². The van der Waals surface area contributed by atoms with Crippen LogP contribution in [0, 0.1) is 6.92 Å². The smallest absolute Gasteiger partial charge is 0.147 e. The molecule has 0 amide bonds. The first kappa shape index (κ1) is 12.9. The molecule has 0 bridgehead atoms. The number of ether oxygens (including phenoxy) is 1. The molecule has 0 aromatic carbocycles. The molecular weight excluding hydrogens is 202 g/mol. The van der Waals surface area contributed by atoms with Crippen LogP contribution in [0.25, 0.3) is 0 Å². The molecule has 1 aromatic rings. The van der Waals surface area contributed by atoms with Gasteiger partial charge < -0.3 is 10.1 Å². The van der Waals surface area contributed by atoms with Gasteiger partial charge in [0.2, 0.25) is 0 Å². The minimum absolute atomic E-state index is 0.329. The second-order valence-corrected chi connectivity index (χ2v) is 4.04. The van der Waals surface area contributed by atoms with Gasteiger partial charge >= 0.3 is 0 Å². The molecule has 1 aromatic heterocycles. The van der Waals surface area contributed by atoms with E-state index in [9.17, 15) is 0 Å². The van der Waals surface area contributed by atoms with E-state index >= 15 is 0 Å². The highest BCUT2D eigenvalue weighted by molar-refractivity contribution is 5.37. The molecule has 1 rings (SSSR count). The van der Waals surface area contributed by atoms with Crippen molar-refractivity contribution in [1.82, 2.24) is 9.97 Å². The normalized spacial score (nSPS) is 10.8. The molecular formula is C12H21N3O. The summed E-state index contributed by atoms with van der Waals surface area (Å²) in [5.74, 6) is 0.882. The van der Waals surface area contributed by atoms with E-state index in [1.165, 1.54) is 0 Å². The van der Waals surface area contributed by atoms with Crippen LogP contribution >= 0.6 is 0 Å². The van der Waals surface area contributed by atoms with Crippen LogP contribution in [0.2, 0.25) is 0 Å². The maximum Gasteiger partial charge on any atom is 0.147 e. The zero-order valence-electron chi connectivity index (χ0n) is 10.4. The van der Waals surface area contributed by atoms with Crippen LogP contribution in [0.4, 0.5) is 5.82 Å². The van der Waals surface area contributed by atoms with Gasteiger partial charge in [0.15, 0.2) is 0 Å². The molecule has 4 nitrogen and oxygen atoms in total. The summed E-state index contributed by atoms with van der Waals surface area (Å²) in [6.45, 7) is 7.82. The van der Waals surface area contributed by atoms with E-state index in [1.807, 2.05) is 6.92 Å². The predicted molar refractivity (Wildman–Crippen MR) is 65.6 cm³/mol. The molecule has 0 fully saturated rings. The predicted octanol–water partition coefficient (Wildman–Crippen LogP) is 2.40. The van der Waals surface area contributed by atoms with Gasteiger partial charge in [-0.05, 0) is 33.6 Å². The Morgan fingerprint density at radius 3 is 2.69 bits per heavy atom. The van der Waals surface area contributed by atoms with Crippen molar-refractivity contribution >= 4 is 5.82 Å². The van der Waals surface area contributed by atoms with E-state index in [1.54, 1.807) is 12.4 Å². The van der Waals surface area contributed by atoms with Crippen molar-refractivity contribution in [2.45, 2.75) is 39.7 Å². The van der Waals surface area contributed by atoms with Crippen molar-refractivity contribution in [1.29, 1.82) is 0 Å². The minimum atomic E-state index is 0.329. The van der Waals surface area contributed by atoms with Crippen molar-refractivity contribution in [2.24, 2.45) is 0 Å². The van der Waals surface area contributed by atoms with Crippen LogP contribution in [-0.4, -0.2) is 29.2 Å². The van der Waals surface area contributed by atoms with Gasteiger partial charge in [-0.25, -0.2) is 4.98 Å². The van der Waals surface area contributed by atoms with E-state index in [0.29, 0.717) is 6.10 Å². The lowest BCUT2D eigenvalue weighted by Crippen LogP contribution is -2.08. The number of nitrogens with zero attached hydrogens (tertiary/aromatic N) is 2. The molecule has 1 heterocycles. The van der Waals surface area contributed by atoms with Gasteiger partial charge in [-0.2, -0.15) is 0 Å². The summed E-state index contributed by atoms with van der Waals surface area (Å²) < 4.78 is 5.46. The number of nitrogens with one attached hydrogen (secondary N) is 1. The van der Waals surface area contributed by atoms with Gasteiger partial charge in [-0.1, -0.05) is 0 Å². The quantitative estimate of drug-likeness (QED) is 0.721. The summed E-state index contributed by atoms with van der Waals surface area (Å²) in [4.78, 5) is 8.39. The summed E-state index contributed by atoms with van der Waals surface area (Å²) in [6, 6.07) is 0. The Labute approximate surface area is 97.5 Å². The molecule has 90 valence electrons. The molecule has 0 saturated carbocycles. The van der Waals surface area contributed by atoms with Gasteiger partial charge in [-0.15, -0.1) is 0 Å². The number of hydrogen-bond donors (Lipinski definition) is 1. The van der Waals surface area contributed by atoms with Crippen molar-refractivity contribution in [3.63, 3.8) is 0 Å². The molecule has 0 radical (unpaired) electrons. The Kier molecular flexibility index (Phi) is 5.78. The lowest BCUT2D eigenvalue weighted by atomic mass is 10.3. The molecule has 4 heteroatoms. The topological polar surface area (TPSA) is 47.0 Å². The van der Waals surface area contributed by atoms with Crippen LogP contribution in [0.3, 0.4) is 0 Å². The van der Waals surface area contributed by atoms with Gasteiger partial charge in [-0.3, -0.25) is 4.98 Å². The SMILES string of the molecule is Cc1nccnc1NCCCCOC(C)C. The Bertz CT molecular complexity index is 302. The fraction of sp³-hybridized carbons (Fsp3) is 0.667. The summed E-state index contributed by atoms with van der Waals surface area (Å²) in [7, 11) is 0. The van der Waals surface area contributed by atoms with E-state index in [2.05, 4.69) is 29.1 Å². The Balaban J connectivity index is 2.10. The number of aromatic nitrogens is 2. The Morgan fingerprint density at radius 2 is 2.00 bits per heavy atom. The van der Waals surface area contributed by atoms with E-state index in [4.69, 9.17) is 4.74 Å². The Hall–Kier alpha value is -1.16. The van der Waals surface area contributed by atoms with Crippen molar-refractivity contribution < 1.29 is 4.74 Å². The lowest BCUT2D eigenvalue weighted by molar-refractivity contribution is 0.0765.